The Labute approximate surface area is 133 Å². The molecular formula is C15H12Cl2NO2S+. The minimum atomic E-state index is -3.78. The van der Waals surface area contributed by atoms with E-state index in [4.69, 9.17) is 29.8 Å². The number of aryl methyl sites for hydroxylation is 1. The van der Waals surface area contributed by atoms with Gasteiger partial charge >= 0.3 is 5.37 Å². The third-order valence-electron chi connectivity index (χ3n) is 3.01. The highest BCUT2D eigenvalue weighted by atomic mass is 35.5. The molecule has 21 heavy (non-hydrogen) atoms. The first-order chi connectivity index (χ1) is 9.86. The fourth-order valence-electron chi connectivity index (χ4n) is 1.89. The first kappa shape index (κ1) is 15.8. The molecule has 0 saturated heterocycles. The molecule has 3 nitrogen and oxygen atoms in total. The molecule has 0 spiro atoms. The molecular weight excluding hydrogens is 329 g/mol. The Balaban J connectivity index is 2.55. The van der Waals surface area contributed by atoms with Crippen molar-refractivity contribution in [1.82, 2.24) is 0 Å². The summed E-state index contributed by atoms with van der Waals surface area (Å²) >= 11 is 11.9. The van der Waals surface area contributed by atoms with Gasteiger partial charge in [0.05, 0.1) is 15.5 Å². The van der Waals surface area contributed by atoms with Gasteiger partial charge in [-0.15, -0.1) is 0 Å². The van der Waals surface area contributed by atoms with Crippen molar-refractivity contribution in [3.8, 4) is 6.57 Å². The van der Waals surface area contributed by atoms with Gasteiger partial charge < -0.3 is 0 Å². The lowest BCUT2D eigenvalue weighted by atomic mass is 10.2. The molecule has 2 rings (SSSR count). The van der Waals surface area contributed by atoms with Gasteiger partial charge in [0.25, 0.3) is 16.4 Å². The first-order valence-corrected chi connectivity index (χ1v) is 8.32. The van der Waals surface area contributed by atoms with E-state index in [9.17, 15) is 8.42 Å². The molecule has 1 atom stereocenters. The second kappa shape index (κ2) is 6.07. The zero-order valence-electron chi connectivity index (χ0n) is 11.1. The Morgan fingerprint density at radius 3 is 2.24 bits per heavy atom. The Kier molecular flexibility index (Phi) is 4.58. The van der Waals surface area contributed by atoms with Crippen LogP contribution in [-0.2, 0) is 9.84 Å². The van der Waals surface area contributed by atoms with Crippen LogP contribution in [0.15, 0.2) is 47.4 Å². The summed E-state index contributed by atoms with van der Waals surface area (Å²) in [4.78, 5) is 3.64. The van der Waals surface area contributed by atoms with Gasteiger partial charge in [-0.1, -0.05) is 45.7 Å². The molecule has 0 N–H and O–H groups in total. The molecule has 0 fully saturated rings. The minimum absolute atomic E-state index is 0.137. The van der Waals surface area contributed by atoms with Gasteiger partial charge in [0, 0.05) is 5.02 Å². The van der Waals surface area contributed by atoms with E-state index in [-0.39, 0.29) is 9.92 Å². The average molecular weight is 341 g/mol. The van der Waals surface area contributed by atoms with Gasteiger partial charge in [0.1, 0.15) is 0 Å². The molecule has 2 aromatic rings. The van der Waals surface area contributed by atoms with E-state index >= 15 is 0 Å². The summed E-state index contributed by atoms with van der Waals surface area (Å²) in [6.45, 7) is 7.19. The van der Waals surface area contributed by atoms with Gasteiger partial charge in [-0.05, 0) is 37.3 Å². The largest absolute Gasteiger partial charge is 0.399 e. The number of hydrogen-bond donors (Lipinski definition) is 0. The van der Waals surface area contributed by atoms with Crippen molar-refractivity contribution in [1.29, 1.82) is 0 Å². The molecule has 0 aromatic heterocycles. The standard InChI is InChI=1S/C15H12Cl2NO2S/c1-10-3-6-12(7-4-10)21(19,20)15(18-2)13-8-5-11(16)9-14(13)17/h2-9,15H,1H3/q+1. The molecule has 1 unspecified atom stereocenters. The highest BCUT2D eigenvalue weighted by molar-refractivity contribution is 7.91. The second-order valence-electron chi connectivity index (χ2n) is 4.53. The van der Waals surface area contributed by atoms with Crippen molar-refractivity contribution < 1.29 is 8.42 Å². The number of nitrogens with zero attached hydrogens (tertiary/aromatic N) is 1. The van der Waals surface area contributed by atoms with Crippen LogP contribution in [-0.4, -0.2) is 8.42 Å². The van der Waals surface area contributed by atoms with Crippen LogP contribution in [0.25, 0.3) is 4.85 Å². The zero-order chi connectivity index (χ0) is 15.6. The lowest BCUT2D eigenvalue weighted by Gasteiger charge is -2.07. The van der Waals surface area contributed by atoms with Gasteiger partial charge in [0.2, 0.25) is 0 Å². The number of sulfone groups is 1. The molecule has 108 valence electrons. The predicted octanol–water partition coefficient (Wildman–Crippen LogP) is 4.74. The number of rotatable bonds is 3. The monoisotopic (exact) mass is 340 g/mol. The van der Waals surface area contributed by atoms with Crippen LogP contribution in [0, 0.1) is 13.5 Å². The maximum atomic E-state index is 12.6. The van der Waals surface area contributed by atoms with Gasteiger partial charge in [-0.3, -0.25) is 0 Å². The van der Waals surface area contributed by atoms with Crippen molar-refractivity contribution in [3.05, 3.63) is 68.5 Å². The highest BCUT2D eigenvalue weighted by Gasteiger charge is 2.39. The van der Waals surface area contributed by atoms with Gasteiger partial charge in [0.15, 0.2) is 0 Å². The van der Waals surface area contributed by atoms with Crippen LogP contribution in [0.4, 0.5) is 0 Å². The Morgan fingerprint density at radius 2 is 1.71 bits per heavy atom. The predicted molar refractivity (Wildman–Crippen MR) is 85.9 cm³/mol. The summed E-state index contributed by atoms with van der Waals surface area (Å²) in [6, 6.07) is 11.0. The Morgan fingerprint density at radius 1 is 1.10 bits per heavy atom. The topological polar surface area (TPSA) is 38.5 Å². The van der Waals surface area contributed by atoms with E-state index in [0.29, 0.717) is 10.6 Å². The van der Waals surface area contributed by atoms with Crippen LogP contribution < -0.4 is 0 Å². The maximum Gasteiger partial charge on any atom is 0.399 e. The number of benzene rings is 2. The van der Waals surface area contributed by atoms with E-state index in [1.807, 2.05) is 6.92 Å². The SMILES string of the molecule is C#[N+]C(c1ccc(Cl)cc1Cl)S(=O)(=O)c1ccc(C)cc1. The van der Waals surface area contributed by atoms with Crippen LogP contribution in [0.5, 0.6) is 0 Å². The van der Waals surface area contributed by atoms with Crippen molar-refractivity contribution in [3.63, 3.8) is 0 Å². The van der Waals surface area contributed by atoms with Crippen molar-refractivity contribution in [2.75, 3.05) is 0 Å². The van der Waals surface area contributed by atoms with Crippen LogP contribution >= 0.6 is 23.2 Å². The van der Waals surface area contributed by atoms with Gasteiger partial charge in [-0.25, -0.2) is 8.42 Å². The number of halogens is 2. The van der Waals surface area contributed by atoms with E-state index in [2.05, 4.69) is 4.85 Å². The zero-order valence-corrected chi connectivity index (χ0v) is 13.5. The third kappa shape index (κ3) is 3.21. The molecule has 0 bridgehead atoms. The molecule has 0 saturated carbocycles. The first-order valence-electron chi connectivity index (χ1n) is 6.02. The fourth-order valence-corrected chi connectivity index (χ4v) is 3.94. The second-order valence-corrected chi connectivity index (χ2v) is 7.38. The van der Waals surface area contributed by atoms with E-state index < -0.39 is 15.2 Å². The molecule has 0 aliphatic rings. The molecule has 6 heteroatoms. The third-order valence-corrected chi connectivity index (χ3v) is 5.46. The Hall–Kier alpha value is -1.54. The fraction of sp³-hybridized carbons (Fsp3) is 0.133. The molecule has 0 amide bonds. The van der Waals surface area contributed by atoms with Gasteiger partial charge in [-0.2, -0.15) is 0 Å². The van der Waals surface area contributed by atoms with Crippen LogP contribution in [0.1, 0.15) is 16.5 Å². The summed E-state index contributed by atoms with van der Waals surface area (Å²) in [5.74, 6) is 0. The van der Waals surface area contributed by atoms with Crippen molar-refractivity contribution in [2.45, 2.75) is 17.2 Å². The molecule has 0 heterocycles. The lowest BCUT2D eigenvalue weighted by Crippen LogP contribution is -2.11. The summed E-state index contributed by atoms with van der Waals surface area (Å²) in [6.07, 6.45) is 0. The summed E-state index contributed by atoms with van der Waals surface area (Å²) in [7, 11) is -3.78. The van der Waals surface area contributed by atoms with Crippen molar-refractivity contribution in [2.24, 2.45) is 0 Å². The highest BCUT2D eigenvalue weighted by Crippen LogP contribution is 2.35. The van der Waals surface area contributed by atoms with Crippen molar-refractivity contribution >= 4 is 33.0 Å². The lowest BCUT2D eigenvalue weighted by molar-refractivity contribution is 0.590. The molecule has 0 aliphatic heterocycles. The minimum Gasteiger partial charge on any atom is -0.215 e. The quantitative estimate of drug-likeness (QED) is 0.809. The maximum absolute atomic E-state index is 12.6. The smallest absolute Gasteiger partial charge is 0.215 e. The average Bonchev–Trinajstić information content (AvgIpc) is 2.42. The van der Waals surface area contributed by atoms with E-state index in [1.54, 1.807) is 18.2 Å². The molecule has 0 aliphatic carbocycles. The summed E-state index contributed by atoms with van der Waals surface area (Å²) < 4.78 is 25.3. The van der Waals surface area contributed by atoms with Crippen LogP contribution in [0.2, 0.25) is 10.0 Å². The number of hydrogen-bond acceptors (Lipinski definition) is 2. The normalized spacial score (nSPS) is 12.7. The summed E-state index contributed by atoms with van der Waals surface area (Å²) in [5.41, 5.74) is 1.25. The van der Waals surface area contributed by atoms with E-state index in [0.717, 1.165) is 5.56 Å². The summed E-state index contributed by atoms with van der Waals surface area (Å²) in [5, 5.41) is -0.658. The molecule has 2 aromatic carbocycles. The van der Waals surface area contributed by atoms with E-state index in [1.165, 1.54) is 24.3 Å². The van der Waals surface area contributed by atoms with Crippen LogP contribution in [0.3, 0.4) is 0 Å². The molecule has 0 radical (unpaired) electrons. The Bertz CT molecular complexity index is 809.